The van der Waals surface area contributed by atoms with E-state index in [-0.39, 0.29) is 0 Å². The summed E-state index contributed by atoms with van der Waals surface area (Å²) in [5, 5.41) is 0. The zero-order chi connectivity index (χ0) is 13.2. The lowest BCUT2D eigenvalue weighted by Crippen LogP contribution is -2.22. The van der Waals surface area contributed by atoms with Crippen molar-refractivity contribution in [2.45, 2.75) is 19.0 Å². The van der Waals surface area contributed by atoms with Gasteiger partial charge >= 0.3 is 6.18 Å². The van der Waals surface area contributed by atoms with Crippen LogP contribution >= 0.6 is 11.6 Å². The van der Waals surface area contributed by atoms with Gasteiger partial charge in [-0.2, -0.15) is 13.2 Å². The van der Waals surface area contributed by atoms with E-state index in [2.05, 4.69) is 4.98 Å². The van der Waals surface area contributed by atoms with Crippen LogP contribution in [0, 0.1) is 5.92 Å². The Kier molecular flexibility index (Phi) is 4.00. The number of hydrogen-bond donors (Lipinski definition) is 0. The van der Waals surface area contributed by atoms with Gasteiger partial charge in [0.25, 0.3) is 0 Å². The van der Waals surface area contributed by atoms with Gasteiger partial charge in [-0.25, -0.2) is 4.98 Å². The molecule has 18 heavy (non-hydrogen) atoms. The first-order valence-electron chi connectivity index (χ1n) is 5.86. The third-order valence-corrected chi connectivity index (χ3v) is 3.37. The van der Waals surface area contributed by atoms with Crippen LogP contribution in [0.2, 0.25) is 0 Å². The summed E-state index contributed by atoms with van der Waals surface area (Å²) in [6, 6.07) is 4.02. The molecule has 2 heterocycles. The highest BCUT2D eigenvalue weighted by atomic mass is 35.5. The van der Waals surface area contributed by atoms with Gasteiger partial charge < -0.3 is 4.90 Å². The summed E-state index contributed by atoms with van der Waals surface area (Å²) in [4.78, 5) is 5.58. The minimum absolute atomic E-state index is 0.405. The smallest absolute Gasteiger partial charge is 0.356 e. The Morgan fingerprint density at radius 2 is 2.17 bits per heavy atom. The third kappa shape index (κ3) is 3.07. The molecule has 0 saturated carbocycles. The summed E-state index contributed by atoms with van der Waals surface area (Å²) in [7, 11) is 0. The first-order valence-corrected chi connectivity index (χ1v) is 6.39. The van der Waals surface area contributed by atoms with Crippen molar-refractivity contribution in [3.63, 3.8) is 0 Å². The standard InChI is InChI=1S/C12H14ClF3N2/c13-6-4-9-5-7-18(8-9)11-3-1-2-10(17-11)12(14,15)16/h1-3,9H,4-8H2. The summed E-state index contributed by atoms with van der Waals surface area (Å²) >= 11 is 5.68. The molecule has 1 aromatic rings. The molecule has 2 nitrogen and oxygen atoms in total. The van der Waals surface area contributed by atoms with Crippen molar-refractivity contribution in [3.8, 4) is 0 Å². The maximum Gasteiger partial charge on any atom is 0.433 e. The second-order valence-corrected chi connectivity index (χ2v) is 4.84. The van der Waals surface area contributed by atoms with Crippen molar-refractivity contribution in [2.75, 3.05) is 23.9 Å². The van der Waals surface area contributed by atoms with E-state index < -0.39 is 11.9 Å². The quantitative estimate of drug-likeness (QED) is 0.786. The maximum atomic E-state index is 12.6. The minimum Gasteiger partial charge on any atom is -0.356 e. The normalized spacial score (nSPS) is 20.4. The zero-order valence-electron chi connectivity index (χ0n) is 9.75. The number of halogens is 4. The highest BCUT2D eigenvalue weighted by Crippen LogP contribution is 2.30. The van der Waals surface area contributed by atoms with Crippen molar-refractivity contribution >= 4 is 17.4 Å². The summed E-state index contributed by atoms with van der Waals surface area (Å²) in [5.74, 6) is 1.45. The molecule has 0 aromatic carbocycles. The summed E-state index contributed by atoms with van der Waals surface area (Å²) in [5.41, 5.74) is -0.833. The minimum atomic E-state index is -4.38. The van der Waals surface area contributed by atoms with Crippen LogP contribution in [-0.2, 0) is 6.18 Å². The fourth-order valence-electron chi connectivity index (χ4n) is 2.19. The molecule has 1 atom stereocenters. The second-order valence-electron chi connectivity index (χ2n) is 4.46. The van der Waals surface area contributed by atoms with Gasteiger partial charge in [0.2, 0.25) is 0 Å². The topological polar surface area (TPSA) is 16.1 Å². The molecular weight excluding hydrogens is 265 g/mol. The molecule has 0 bridgehead atoms. The average Bonchev–Trinajstić information content (AvgIpc) is 2.77. The Labute approximate surface area is 109 Å². The van der Waals surface area contributed by atoms with E-state index in [0.717, 1.165) is 32.0 Å². The van der Waals surface area contributed by atoms with Crippen LogP contribution in [-0.4, -0.2) is 24.0 Å². The van der Waals surface area contributed by atoms with Gasteiger partial charge in [0.1, 0.15) is 11.5 Å². The second kappa shape index (κ2) is 5.34. The molecule has 1 aliphatic rings. The van der Waals surface area contributed by atoms with E-state index in [1.165, 1.54) is 6.07 Å². The zero-order valence-corrected chi connectivity index (χ0v) is 10.5. The SMILES string of the molecule is FC(F)(F)c1cccc(N2CCC(CCCl)C2)n1. The molecule has 1 saturated heterocycles. The van der Waals surface area contributed by atoms with Crippen molar-refractivity contribution < 1.29 is 13.2 Å². The molecule has 0 radical (unpaired) electrons. The number of rotatable bonds is 3. The molecule has 1 aromatic heterocycles. The molecular formula is C12H14ClF3N2. The molecule has 2 rings (SSSR count). The number of nitrogens with zero attached hydrogens (tertiary/aromatic N) is 2. The van der Waals surface area contributed by atoms with Crippen LogP contribution in [0.3, 0.4) is 0 Å². The van der Waals surface area contributed by atoms with Gasteiger partial charge in [0.15, 0.2) is 0 Å². The number of aromatic nitrogens is 1. The predicted octanol–water partition coefficient (Wildman–Crippen LogP) is 3.56. The van der Waals surface area contributed by atoms with Gasteiger partial charge in [-0.05, 0) is 30.9 Å². The molecule has 6 heteroatoms. The van der Waals surface area contributed by atoms with Gasteiger partial charge in [-0.1, -0.05) is 6.07 Å². The molecule has 100 valence electrons. The van der Waals surface area contributed by atoms with Gasteiger partial charge in [0.05, 0.1) is 0 Å². The lowest BCUT2D eigenvalue weighted by molar-refractivity contribution is -0.141. The summed E-state index contributed by atoms with van der Waals surface area (Å²) < 4.78 is 37.7. The van der Waals surface area contributed by atoms with E-state index in [0.29, 0.717) is 17.6 Å². The summed E-state index contributed by atoms with van der Waals surface area (Å²) in [6.45, 7) is 1.48. The van der Waals surface area contributed by atoms with Crippen LogP contribution in [0.4, 0.5) is 19.0 Å². The summed E-state index contributed by atoms with van der Waals surface area (Å²) in [6.07, 6.45) is -2.52. The Balaban J connectivity index is 2.10. The fourth-order valence-corrected chi connectivity index (χ4v) is 2.50. The van der Waals surface area contributed by atoms with E-state index in [9.17, 15) is 13.2 Å². The van der Waals surface area contributed by atoms with Crippen LogP contribution in [0.15, 0.2) is 18.2 Å². The molecule has 1 aliphatic heterocycles. The third-order valence-electron chi connectivity index (χ3n) is 3.15. The first kappa shape index (κ1) is 13.5. The van der Waals surface area contributed by atoms with Crippen molar-refractivity contribution in [2.24, 2.45) is 5.92 Å². The van der Waals surface area contributed by atoms with Gasteiger partial charge in [-0.3, -0.25) is 0 Å². The number of pyridine rings is 1. The van der Waals surface area contributed by atoms with Gasteiger partial charge in [-0.15, -0.1) is 11.6 Å². The van der Waals surface area contributed by atoms with E-state index in [4.69, 9.17) is 11.6 Å². The lowest BCUT2D eigenvalue weighted by Gasteiger charge is -2.18. The van der Waals surface area contributed by atoms with E-state index >= 15 is 0 Å². The number of hydrogen-bond acceptors (Lipinski definition) is 2. The monoisotopic (exact) mass is 278 g/mol. The molecule has 0 aliphatic carbocycles. The maximum absolute atomic E-state index is 12.6. The Morgan fingerprint density at radius 1 is 1.39 bits per heavy atom. The van der Waals surface area contributed by atoms with Crippen molar-refractivity contribution in [3.05, 3.63) is 23.9 Å². The Morgan fingerprint density at radius 3 is 2.83 bits per heavy atom. The average molecular weight is 279 g/mol. The molecule has 0 amide bonds. The van der Waals surface area contributed by atoms with Crippen LogP contribution in [0.1, 0.15) is 18.5 Å². The van der Waals surface area contributed by atoms with E-state index in [1.807, 2.05) is 4.90 Å². The fraction of sp³-hybridized carbons (Fsp3) is 0.583. The molecule has 1 unspecified atom stereocenters. The highest BCUT2D eigenvalue weighted by molar-refractivity contribution is 6.17. The van der Waals surface area contributed by atoms with Crippen LogP contribution in [0.25, 0.3) is 0 Å². The number of alkyl halides is 4. The lowest BCUT2D eigenvalue weighted by atomic mass is 10.1. The first-order chi connectivity index (χ1) is 8.50. The highest BCUT2D eigenvalue weighted by Gasteiger charge is 2.33. The predicted molar refractivity (Wildman–Crippen MR) is 64.9 cm³/mol. The molecule has 1 fully saturated rings. The van der Waals surface area contributed by atoms with Gasteiger partial charge in [0, 0.05) is 19.0 Å². The van der Waals surface area contributed by atoms with E-state index in [1.54, 1.807) is 6.07 Å². The molecule has 0 spiro atoms. The molecule has 0 N–H and O–H groups in total. The number of anilines is 1. The largest absolute Gasteiger partial charge is 0.433 e. The Bertz CT molecular complexity index is 409. The van der Waals surface area contributed by atoms with Crippen molar-refractivity contribution in [1.82, 2.24) is 4.98 Å². The van der Waals surface area contributed by atoms with Crippen LogP contribution < -0.4 is 4.90 Å². The van der Waals surface area contributed by atoms with Crippen LogP contribution in [0.5, 0.6) is 0 Å². The van der Waals surface area contributed by atoms with Crippen molar-refractivity contribution in [1.29, 1.82) is 0 Å². The Hall–Kier alpha value is -0.970.